The molecule has 1 aliphatic rings. The molecule has 1 saturated heterocycles. The lowest BCUT2D eigenvalue weighted by Crippen LogP contribution is -2.53. The van der Waals surface area contributed by atoms with Crippen molar-refractivity contribution < 1.29 is 9.59 Å². The van der Waals surface area contributed by atoms with Crippen molar-refractivity contribution in [3.63, 3.8) is 0 Å². The van der Waals surface area contributed by atoms with Crippen LogP contribution in [0.2, 0.25) is 0 Å². The minimum atomic E-state index is -0.0272. The number of para-hydroxylation sites is 1. The molecule has 0 spiro atoms. The number of fused-ring (bicyclic) bond motifs is 1. The lowest BCUT2D eigenvalue weighted by molar-refractivity contribution is -0.131. The zero-order valence-corrected chi connectivity index (χ0v) is 14.0. The van der Waals surface area contributed by atoms with Gasteiger partial charge in [0.25, 0.3) is 0 Å². The molecule has 2 aromatic rings. The molecular weight excluding hydrogens is 304 g/mol. The van der Waals surface area contributed by atoms with Gasteiger partial charge in [0.2, 0.25) is 5.91 Å². The molecule has 1 aromatic carbocycles. The molecule has 128 valence electrons. The molecule has 2 heterocycles. The third-order valence-corrected chi connectivity index (χ3v) is 4.46. The molecule has 1 fully saturated rings. The molecule has 0 bridgehead atoms. The predicted octanol–water partition coefficient (Wildman–Crippen LogP) is 1.97. The second kappa shape index (κ2) is 7.38. The SMILES string of the molecule is CCCNC(=O)N1CCN(C(=O)Cc2c[nH]c3ccccc23)CC1. The van der Waals surface area contributed by atoms with Crippen LogP contribution in [-0.4, -0.2) is 59.4 Å². The number of nitrogens with zero attached hydrogens (tertiary/aromatic N) is 2. The van der Waals surface area contributed by atoms with E-state index < -0.39 is 0 Å². The summed E-state index contributed by atoms with van der Waals surface area (Å²) in [5.41, 5.74) is 2.08. The van der Waals surface area contributed by atoms with Crippen molar-refractivity contribution in [3.05, 3.63) is 36.0 Å². The number of hydrogen-bond acceptors (Lipinski definition) is 2. The summed E-state index contributed by atoms with van der Waals surface area (Å²) in [4.78, 5) is 31.3. The van der Waals surface area contributed by atoms with Crippen LogP contribution in [0, 0.1) is 0 Å². The van der Waals surface area contributed by atoms with Gasteiger partial charge in [-0.2, -0.15) is 0 Å². The molecule has 0 atom stereocenters. The number of benzene rings is 1. The summed E-state index contributed by atoms with van der Waals surface area (Å²) < 4.78 is 0. The number of carbonyl (C=O) groups is 2. The second-order valence-electron chi connectivity index (χ2n) is 6.14. The Hall–Kier alpha value is -2.50. The smallest absolute Gasteiger partial charge is 0.317 e. The van der Waals surface area contributed by atoms with Crippen LogP contribution in [0.15, 0.2) is 30.5 Å². The minimum Gasteiger partial charge on any atom is -0.361 e. The Balaban J connectivity index is 1.55. The highest BCUT2D eigenvalue weighted by molar-refractivity contribution is 5.89. The fourth-order valence-corrected chi connectivity index (χ4v) is 3.06. The van der Waals surface area contributed by atoms with Crippen molar-refractivity contribution in [3.8, 4) is 0 Å². The summed E-state index contributed by atoms with van der Waals surface area (Å²) in [6.07, 6.45) is 3.23. The Bertz CT molecular complexity index is 717. The maximum atomic E-state index is 12.6. The Labute approximate surface area is 141 Å². The van der Waals surface area contributed by atoms with Gasteiger partial charge in [-0.25, -0.2) is 4.79 Å². The van der Waals surface area contributed by atoms with E-state index in [1.165, 1.54) is 0 Å². The number of urea groups is 1. The van der Waals surface area contributed by atoms with Gasteiger partial charge in [0.05, 0.1) is 6.42 Å². The summed E-state index contributed by atoms with van der Waals surface area (Å²) in [5.74, 6) is 0.119. The number of carbonyl (C=O) groups excluding carboxylic acids is 2. The third kappa shape index (κ3) is 3.53. The van der Waals surface area contributed by atoms with Crippen LogP contribution < -0.4 is 5.32 Å². The third-order valence-electron chi connectivity index (χ3n) is 4.46. The van der Waals surface area contributed by atoms with Crippen molar-refractivity contribution in [1.29, 1.82) is 0 Å². The van der Waals surface area contributed by atoms with Crippen molar-refractivity contribution in [2.24, 2.45) is 0 Å². The van der Waals surface area contributed by atoms with E-state index in [0.29, 0.717) is 39.1 Å². The zero-order chi connectivity index (χ0) is 16.9. The molecule has 0 aliphatic carbocycles. The van der Waals surface area contributed by atoms with Gasteiger partial charge in [0.15, 0.2) is 0 Å². The van der Waals surface area contributed by atoms with E-state index in [4.69, 9.17) is 0 Å². The summed E-state index contributed by atoms with van der Waals surface area (Å²) in [5, 5.41) is 3.98. The topological polar surface area (TPSA) is 68.4 Å². The Morgan fingerprint density at radius 1 is 1.12 bits per heavy atom. The molecule has 24 heavy (non-hydrogen) atoms. The van der Waals surface area contributed by atoms with Crippen molar-refractivity contribution >= 4 is 22.8 Å². The van der Waals surface area contributed by atoms with Gasteiger partial charge < -0.3 is 20.1 Å². The molecule has 1 aliphatic heterocycles. The molecule has 6 heteroatoms. The van der Waals surface area contributed by atoms with E-state index in [1.54, 1.807) is 4.90 Å². The number of aromatic nitrogens is 1. The standard InChI is InChI=1S/C18H24N4O2/c1-2-7-19-18(24)22-10-8-21(9-11-22)17(23)12-14-13-20-16-6-4-3-5-15(14)16/h3-6,13,20H,2,7-12H2,1H3,(H,19,24). The average molecular weight is 328 g/mol. The monoisotopic (exact) mass is 328 g/mol. The van der Waals surface area contributed by atoms with Crippen LogP contribution in [0.5, 0.6) is 0 Å². The van der Waals surface area contributed by atoms with Gasteiger partial charge >= 0.3 is 6.03 Å². The number of amides is 3. The van der Waals surface area contributed by atoms with E-state index in [-0.39, 0.29) is 11.9 Å². The highest BCUT2D eigenvalue weighted by Gasteiger charge is 2.24. The average Bonchev–Trinajstić information content (AvgIpc) is 3.03. The summed E-state index contributed by atoms with van der Waals surface area (Å²) in [6, 6.07) is 7.98. The van der Waals surface area contributed by atoms with Crippen LogP contribution in [0.25, 0.3) is 10.9 Å². The number of rotatable bonds is 4. The summed E-state index contributed by atoms with van der Waals surface area (Å²) in [6.45, 7) is 5.10. The largest absolute Gasteiger partial charge is 0.361 e. The highest BCUT2D eigenvalue weighted by Crippen LogP contribution is 2.19. The summed E-state index contributed by atoms with van der Waals surface area (Å²) >= 11 is 0. The van der Waals surface area contributed by atoms with E-state index in [1.807, 2.05) is 42.3 Å². The number of aromatic amines is 1. The first-order chi connectivity index (χ1) is 11.7. The van der Waals surface area contributed by atoms with Crippen LogP contribution in [0.1, 0.15) is 18.9 Å². The molecule has 0 saturated carbocycles. The second-order valence-corrected chi connectivity index (χ2v) is 6.14. The lowest BCUT2D eigenvalue weighted by Gasteiger charge is -2.34. The van der Waals surface area contributed by atoms with Crippen molar-refractivity contribution in [2.75, 3.05) is 32.7 Å². The molecule has 3 rings (SSSR count). The van der Waals surface area contributed by atoms with Gasteiger partial charge in [-0.1, -0.05) is 25.1 Å². The highest BCUT2D eigenvalue weighted by atomic mass is 16.2. The fourth-order valence-electron chi connectivity index (χ4n) is 3.06. The Kier molecular flexibility index (Phi) is 5.03. The van der Waals surface area contributed by atoms with Gasteiger partial charge in [0.1, 0.15) is 0 Å². The van der Waals surface area contributed by atoms with Gasteiger partial charge in [-0.05, 0) is 18.1 Å². The van der Waals surface area contributed by atoms with Crippen LogP contribution in [-0.2, 0) is 11.2 Å². The normalized spacial score (nSPS) is 14.9. The predicted molar refractivity (Wildman–Crippen MR) is 93.8 cm³/mol. The molecular formula is C18H24N4O2. The molecule has 0 radical (unpaired) electrons. The fraction of sp³-hybridized carbons (Fsp3) is 0.444. The Morgan fingerprint density at radius 2 is 1.83 bits per heavy atom. The van der Waals surface area contributed by atoms with Crippen LogP contribution >= 0.6 is 0 Å². The van der Waals surface area contributed by atoms with E-state index in [2.05, 4.69) is 10.3 Å². The quantitative estimate of drug-likeness (QED) is 0.901. The minimum absolute atomic E-state index is 0.0272. The van der Waals surface area contributed by atoms with E-state index in [9.17, 15) is 9.59 Å². The first kappa shape index (κ1) is 16.4. The first-order valence-electron chi connectivity index (χ1n) is 8.54. The lowest BCUT2D eigenvalue weighted by atomic mass is 10.1. The number of hydrogen-bond donors (Lipinski definition) is 2. The Morgan fingerprint density at radius 3 is 2.58 bits per heavy atom. The number of H-pyrrole nitrogens is 1. The van der Waals surface area contributed by atoms with Crippen molar-refractivity contribution in [2.45, 2.75) is 19.8 Å². The van der Waals surface area contributed by atoms with Gasteiger partial charge in [-0.15, -0.1) is 0 Å². The van der Waals surface area contributed by atoms with Gasteiger partial charge in [-0.3, -0.25) is 4.79 Å². The van der Waals surface area contributed by atoms with Crippen LogP contribution in [0.4, 0.5) is 4.79 Å². The molecule has 1 aromatic heterocycles. The van der Waals surface area contributed by atoms with Crippen molar-refractivity contribution in [1.82, 2.24) is 20.1 Å². The molecule has 0 unspecified atom stereocenters. The molecule has 3 amide bonds. The number of nitrogens with one attached hydrogen (secondary N) is 2. The maximum absolute atomic E-state index is 12.6. The van der Waals surface area contributed by atoms with Gasteiger partial charge in [0, 0.05) is 49.8 Å². The molecule has 6 nitrogen and oxygen atoms in total. The molecule has 2 N–H and O–H groups in total. The van der Waals surface area contributed by atoms with Crippen LogP contribution in [0.3, 0.4) is 0 Å². The first-order valence-corrected chi connectivity index (χ1v) is 8.54. The number of piperazine rings is 1. The van der Waals surface area contributed by atoms with E-state index in [0.717, 1.165) is 22.9 Å². The van der Waals surface area contributed by atoms with E-state index >= 15 is 0 Å². The summed E-state index contributed by atoms with van der Waals surface area (Å²) in [7, 11) is 0. The maximum Gasteiger partial charge on any atom is 0.317 e. The zero-order valence-electron chi connectivity index (χ0n) is 14.0.